The van der Waals surface area contributed by atoms with Gasteiger partial charge in [0.25, 0.3) is 0 Å². The van der Waals surface area contributed by atoms with Crippen molar-refractivity contribution in [2.24, 2.45) is 0 Å². The third-order valence-electron chi connectivity index (χ3n) is 2.82. The molecule has 18 heavy (non-hydrogen) atoms. The van der Waals surface area contributed by atoms with Crippen molar-refractivity contribution in [1.29, 1.82) is 0 Å². The quantitative estimate of drug-likeness (QED) is 0.650. The molecule has 0 unspecified atom stereocenters. The lowest BCUT2D eigenvalue weighted by molar-refractivity contribution is -0.133. The van der Waals surface area contributed by atoms with Crippen LogP contribution in [0.25, 0.3) is 0 Å². The number of aryl methyl sites for hydroxylation is 1. The molecule has 0 amide bonds. The number of hydrogen-bond donors (Lipinski definition) is 1. The van der Waals surface area contributed by atoms with Gasteiger partial charge in [-0.05, 0) is 30.6 Å². The second-order valence-corrected chi connectivity index (χ2v) is 5.55. The maximum Gasteiger partial charge on any atom is 0.313 e. The molecule has 0 saturated carbocycles. The maximum atomic E-state index is 10.3. The number of rotatable bonds is 10. The van der Waals surface area contributed by atoms with Crippen LogP contribution in [0.4, 0.5) is 0 Å². The summed E-state index contributed by atoms with van der Waals surface area (Å²) in [4.78, 5) is 10.3. The fourth-order valence-electron chi connectivity index (χ4n) is 1.87. The summed E-state index contributed by atoms with van der Waals surface area (Å²) in [5.41, 5.74) is 1.43. The van der Waals surface area contributed by atoms with E-state index in [0.29, 0.717) is 0 Å². The molecule has 0 heterocycles. The number of unbranched alkanes of at least 4 members (excludes halogenated alkanes) is 4. The first-order chi connectivity index (χ1) is 8.79. The van der Waals surface area contributed by atoms with Gasteiger partial charge in [-0.25, -0.2) is 0 Å². The standard InChI is InChI=1S/C15H22O2S/c16-15(17)13-18-12-8-3-1-2-5-9-14-10-6-4-7-11-14/h4,6-7,10-11H,1-3,5,8-9,12-13H2,(H,16,17). The molecule has 2 nitrogen and oxygen atoms in total. The van der Waals surface area contributed by atoms with Gasteiger partial charge in [0.2, 0.25) is 0 Å². The summed E-state index contributed by atoms with van der Waals surface area (Å²) in [6.07, 6.45) is 7.34. The zero-order valence-electron chi connectivity index (χ0n) is 10.8. The first-order valence-corrected chi connectivity index (χ1v) is 7.78. The summed E-state index contributed by atoms with van der Waals surface area (Å²) in [7, 11) is 0. The summed E-state index contributed by atoms with van der Waals surface area (Å²) >= 11 is 1.52. The molecule has 0 aliphatic heterocycles. The highest BCUT2D eigenvalue weighted by molar-refractivity contribution is 7.99. The summed E-state index contributed by atoms with van der Waals surface area (Å²) < 4.78 is 0. The predicted molar refractivity (Wildman–Crippen MR) is 78.2 cm³/mol. The first-order valence-electron chi connectivity index (χ1n) is 6.62. The molecule has 0 aromatic heterocycles. The van der Waals surface area contributed by atoms with Crippen molar-refractivity contribution in [2.45, 2.75) is 38.5 Å². The maximum absolute atomic E-state index is 10.3. The normalized spacial score (nSPS) is 10.4. The van der Waals surface area contributed by atoms with Crippen LogP contribution in [0.1, 0.15) is 37.7 Å². The Hall–Kier alpha value is -0.960. The molecule has 0 aliphatic rings. The van der Waals surface area contributed by atoms with Crippen molar-refractivity contribution in [3.8, 4) is 0 Å². The number of carboxylic acid groups (broad SMARTS) is 1. The molecule has 0 radical (unpaired) electrons. The molecule has 1 aromatic carbocycles. The van der Waals surface area contributed by atoms with E-state index in [4.69, 9.17) is 5.11 Å². The Morgan fingerprint density at radius 2 is 1.67 bits per heavy atom. The molecular weight excluding hydrogens is 244 g/mol. The predicted octanol–water partition coefficient (Wildman–Crippen LogP) is 4.00. The van der Waals surface area contributed by atoms with E-state index >= 15 is 0 Å². The van der Waals surface area contributed by atoms with Gasteiger partial charge in [-0.1, -0.05) is 49.6 Å². The minimum absolute atomic E-state index is 0.244. The average Bonchev–Trinajstić information content (AvgIpc) is 2.37. The Kier molecular flexibility index (Phi) is 8.40. The molecule has 0 saturated heterocycles. The third-order valence-corrected chi connectivity index (χ3v) is 3.85. The van der Waals surface area contributed by atoms with Gasteiger partial charge < -0.3 is 5.11 Å². The van der Waals surface area contributed by atoms with Gasteiger partial charge in [0.15, 0.2) is 0 Å². The summed E-state index contributed by atoms with van der Waals surface area (Å²) in [5.74, 6) is 0.516. The van der Waals surface area contributed by atoms with Crippen LogP contribution in [-0.2, 0) is 11.2 Å². The van der Waals surface area contributed by atoms with E-state index in [9.17, 15) is 4.79 Å². The highest BCUT2D eigenvalue weighted by Crippen LogP contribution is 2.11. The van der Waals surface area contributed by atoms with Crippen LogP contribution < -0.4 is 0 Å². The fraction of sp³-hybridized carbons (Fsp3) is 0.533. The molecule has 3 heteroatoms. The largest absolute Gasteiger partial charge is 0.481 e. The van der Waals surface area contributed by atoms with Gasteiger partial charge in [-0.2, -0.15) is 11.8 Å². The smallest absolute Gasteiger partial charge is 0.313 e. The summed E-state index contributed by atoms with van der Waals surface area (Å²) in [6, 6.07) is 10.6. The SMILES string of the molecule is O=C(O)CSCCCCCCCc1ccccc1. The topological polar surface area (TPSA) is 37.3 Å². The Morgan fingerprint density at radius 1 is 1.00 bits per heavy atom. The van der Waals surface area contributed by atoms with Crippen molar-refractivity contribution in [2.75, 3.05) is 11.5 Å². The fourth-order valence-corrected chi connectivity index (χ4v) is 2.59. The molecule has 0 fully saturated rings. The van der Waals surface area contributed by atoms with Crippen molar-refractivity contribution in [1.82, 2.24) is 0 Å². The second-order valence-electron chi connectivity index (χ2n) is 4.45. The van der Waals surface area contributed by atoms with Crippen molar-refractivity contribution >= 4 is 17.7 Å². The minimum Gasteiger partial charge on any atom is -0.481 e. The first kappa shape index (κ1) is 15.1. The van der Waals surface area contributed by atoms with Crippen LogP contribution in [0.15, 0.2) is 30.3 Å². The number of carboxylic acids is 1. The Labute approximate surface area is 114 Å². The van der Waals surface area contributed by atoms with Crippen LogP contribution in [0.2, 0.25) is 0 Å². The van der Waals surface area contributed by atoms with Gasteiger partial charge in [0.05, 0.1) is 5.75 Å². The molecule has 0 aliphatic carbocycles. The zero-order valence-corrected chi connectivity index (χ0v) is 11.6. The highest BCUT2D eigenvalue weighted by atomic mass is 32.2. The number of carbonyl (C=O) groups is 1. The molecular formula is C15H22O2S. The third kappa shape index (κ3) is 8.18. The van der Waals surface area contributed by atoms with Crippen molar-refractivity contribution in [3.05, 3.63) is 35.9 Å². The molecule has 1 aromatic rings. The van der Waals surface area contributed by atoms with Gasteiger partial charge in [-0.3, -0.25) is 4.79 Å². The number of benzene rings is 1. The van der Waals surface area contributed by atoms with Crippen LogP contribution >= 0.6 is 11.8 Å². The van der Waals surface area contributed by atoms with Crippen LogP contribution in [0.3, 0.4) is 0 Å². The van der Waals surface area contributed by atoms with E-state index in [-0.39, 0.29) is 5.75 Å². The molecule has 0 atom stereocenters. The van der Waals surface area contributed by atoms with Crippen LogP contribution in [0, 0.1) is 0 Å². The van der Waals surface area contributed by atoms with Crippen LogP contribution in [0.5, 0.6) is 0 Å². The lowest BCUT2D eigenvalue weighted by Crippen LogP contribution is -1.98. The van der Waals surface area contributed by atoms with Gasteiger partial charge in [0, 0.05) is 0 Å². The Balaban J connectivity index is 1.86. The summed E-state index contributed by atoms with van der Waals surface area (Å²) in [6.45, 7) is 0. The minimum atomic E-state index is -0.706. The van der Waals surface area contributed by atoms with Crippen molar-refractivity contribution < 1.29 is 9.90 Å². The van der Waals surface area contributed by atoms with E-state index in [1.54, 1.807) is 0 Å². The van der Waals surface area contributed by atoms with Gasteiger partial charge >= 0.3 is 5.97 Å². The molecule has 1 rings (SSSR count). The van der Waals surface area contributed by atoms with E-state index < -0.39 is 5.97 Å². The lowest BCUT2D eigenvalue weighted by Gasteiger charge is -2.02. The van der Waals surface area contributed by atoms with Gasteiger partial charge in [0.1, 0.15) is 0 Å². The zero-order chi connectivity index (χ0) is 13.1. The van der Waals surface area contributed by atoms with Crippen molar-refractivity contribution in [3.63, 3.8) is 0 Å². The Bertz CT molecular complexity index is 325. The van der Waals surface area contributed by atoms with E-state index in [1.165, 1.54) is 49.4 Å². The number of thioether (sulfide) groups is 1. The number of hydrogen-bond acceptors (Lipinski definition) is 2. The average molecular weight is 266 g/mol. The van der Waals surface area contributed by atoms with E-state index in [0.717, 1.165) is 12.2 Å². The summed E-state index contributed by atoms with van der Waals surface area (Å²) in [5, 5.41) is 8.47. The molecule has 100 valence electrons. The molecule has 0 bridgehead atoms. The molecule has 1 N–H and O–H groups in total. The molecule has 0 spiro atoms. The van der Waals surface area contributed by atoms with E-state index in [2.05, 4.69) is 30.3 Å². The monoisotopic (exact) mass is 266 g/mol. The second kappa shape index (κ2) is 10.0. The lowest BCUT2D eigenvalue weighted by atomic mass is 10.1. The van der Waals surface area contributed by atoms with E-state index in [1.807, 2.05) is 0 Å². The Morgan fingerprint density at radius 3 is 2.39 bits per heavy atom. The van der Waals surface area contributed by atoms with Crippen LogP contribution in [-0.4, -0.2) is 22.6 Å². The highest BCUT2D eigenvalue weighted by Gasteiger charge is 1.97. The van der Waals surface area contributed by atoms with Gasteiger partial charge in [-0.15, -0.1) is 0 Å². The number of aliphatic carboxylic acids is 1.